The van der Waals surface area contributed by atoms with Crippen LogP contribution in [-0.2, 0) is 0 Å². The first-order valence-electron chi connectivity index (χ1n) is 6.93. The summed E-state index contributed by atoms with van der Waals surface area (Å²) in [6.07, 6.45) is 1.49. The van der Waals surface area contributed by atoms with Crippen molar-refractivity contribution < 1.29 is 18.7 Å². The molecule has 0 heterocycles. The van der Waals surface area contributed by atoms with E-state index in [0.29, 0.717) is 29.9 Å². The predicted molar refractivity (Wildman–Crippen MR) is 82.0 cm³/mol. The Morgan fingerprint density at radius 3 is 2.77 bits per heavy atom. The van der Waals surface area contributed by atoms with E-state index in [9.17, 15) is 14.0 Å². The zero-order valence-electron chi connectivity index (χ0n) is 12.1. The van der Waals surface area contributed by atoms with Crippen LogP contribution >= 0.6 is 0 Å². The first kappa shape index (κ1) is 15.7. The predicted octanol–water partition coefficient (Wildman–Crippen LogP) is 3.68. The van der Waals surface area contributed by atoms with Gasteiger partial charge >= 0.3 is 0 Å². The Kier molecular flexibility index (Phi) is 5.25. The summed E-state index contributed by atoms with van der Waals surface area (Å²) in [5.41, 5.74) is 0.989. The molecule has 0 spiro atoms. The number of hydrogen-bond donors (Lipinski definition) is 1. The summed E-state index contributed by atoms with van der Waals surface area (Å²) in [7, 11) is 0. The minimum atomic E-state index is -0.489. The van der Waals surface area contributed by atoms with Crippen molar-refractivity contribution >= 4 is 17.9 Å². The highest BCUT2D eigenvalue weighted by atomic mass is 19.1. The Morgan fingerprint density at radius 1 is 1.27 bits per heavy atom. The summed E-state index contributed by atoms with van der Waals surface area (Å²) in [4.78, 5) is 23.1. The number of aldehydes is 1. The van der Waals surface area contributed by atoms with Gasteiger partial charge in [0.2, 0.25) is 0 Å². The third-order valence-corrected chi connectivity index (χ3v) is 2.94. The van der Waals surface area contributed by atoms with Crippen LogP contribution in [0, 0.1) is 5.82 Å². The van der Waals surface area contributed by atoms with Crippen LogP contribution in [-0.4, -0.2) is 18.8 Å². The fourth-order valence-electron chi connectivity index (χ4n) is 1.88. The van der Waals surface area contributed by atoms with Crippen LogP contribution in [0.25, 0.3) is 0 Å². The van der Waals surface area contributed by atoms with Gasteiger partial charge in [0.25, 0.3) is 5.91 Å². The number of nitrogens with one attached hydrogen (secondary N) is 1. The van der Waals surface area contributed by atoms with Crippen molar-refractivity contribution in [2.75, 3.05) is 11.9 Å². The molecule has 0 radical (unpaired) electrons. The highest BCUT2D eigenvalue weighted by Crippen LogP contribution is 2.26. The summed E-state index contributed by atoms with van der Waals surface area (Å²) in [6.45, 7) is 2.45. The molecule has 0 aromatic heterocycles. The molecule has 5 heteroatoms. The molecule has 2 aromatic carbocycles. The third kappa shape index (κ3) is 3.91. The molecule has 114 valence electrons. The Bertz CT molecular complexity index is 685. The summed E-state index contributed by atoms with van der Waals surface area (Å²) in [6, 6.07) is 10.1. The average molecular weight is 301 g/mol. The van der Waals surface area contributed by atoms with Gasteiger partial charge in [0.1, 0.15) is 17.9 Å². The lowest BCUT2D eigenvalue weighted by Gasteiger charge is -2.12. The van der Waals surface area contributed by atoms with Gasteiger partial charge in [-0.15, -0.1) is 0 Å². The molecule has 0 bridgehead atoms. The molecule has 0 saturated carbocycles. The molecule has 1 N–H and O–H groups in total. The monoisotopic (exact) mass is 301 g/mol. The van der Waals surface area contributed by atoms with Crippen molar-refractivity contribution in [3.63, 3.8) is 0 Å². The minimum Gasteiger partial charge on any atom is -0.491 e. The second-order valence-corrected chi connectivity index (χ2v) is 4.69. The van der Waals surface area contributed by atoms with Crippen molar-refractivity contribution in [1.82, 2.24) is 0 Å². The molecule has 4 nitrogen and oxygen atoms in total. The van der Waals surface area contributed by atoms with Crippen LogP contribution in [0.2, 0.25) is 0 Å². The Balaban J connectivity index is 2.26. The molecule has 2 aromatic rings. The number of halogens is 1. The average Bonchev–Trinajstić information content (AvgIpc) is 2.53. The number of benzene rings is 2. The third-order valence-electron chi connectivity index (χ3n) is 2.94. The SMILES string of the molecule is CCCOc1ccc(C=O)cc1NC(=O)c1cccc(F)c1. The Hall–Kier alpha value is -2.69. The highest BCUT2D eigenvalue weighted by Gasteiger charge is 2.11. The van der Waals surface area contributed by atoms with Crippen molar-refractivity contribution in [3.8, 4) is 5.75 Å². The van der Waals surface area contributed by atoms with Crippen LogP contribution in [0.4, 0.5) is 10.1 Å². The molecule has 1 amide bonds. The number of carbonyl (C=O) groups excluding carboxylic acids is 2. The fourth-order valence-corrected chi connectivity index (χ4v) is 1.88. The summed E-state index contributed by atoms with van der Waals surface area (Å²) in [5.74, 6) is -0.488. The lowest BCUT2D eigenvalue weighted by Crippen LogP contribution is -2.13. The number of ether oxygens (including phenoxy) is 1. The number of hydrogen-bond acceptors (Lipinski definition) is 3. The van der Waals surface area contributed by atoms with E-state index in [-0.39, 0.29) is 5.56 Å². The van der Waals surface area contributed by atoms with Crippen molar-refractivity contribution in [1.29, 1.82) is 0 Å². The molecule has 0 aliphatic heterocycles. The van der Waals surface area contributed by atoms with Gasteiger partial charge in [0.05, 0.1) is 12.3 Å². The number of carbonyl (C=O) groups is 2. The number of amides is 1. The molecule has 0 aliphatic carbocycles. The van der Waals surface area contributed by atoms with Crippen molar-refractivity contribution in [3.05, 3.63) is 59.4 Å². The van der Waals surface area contributed by atoms with Gasteiger partial charge < -0.3 is 10.1 Å². The summed E-state index contributed by atoms with van der Waals surface area (Å²) < 4.78 is 18.7. The van der Waals surface area contributed by atoms with Gasteiger partial charge in [-0.1, -0.05) is 13.0 Å². The van der Waals surface area contributed by atoms with E-state index in [4.69, 9.17) is 4.74 Å². The standard InChI is InChI=1S/C17H16FNO3/c1-2-8-22-16-7-6-12(11-20)9-15(16)19-17(21)13-4-3-5-14(18)10-13/h3-7,9-11H,2,8H2,1H3,(H,19,21). The second-order valence-electron chi connectivity index (χ2n) is 4.69. The van der Waals surface area contributed by atoms with Gasteiger partial charge in [-0.25, -0.2) is 4.39 Å². The van der Waals surface area contributed by atoms with Crippen LogP contribution in [0.15, 0.2) is 42.5 Å². The maximum atomic E-state index is 13.2. The molecule has 0 aliphatic rings. The molecule has 0 fully saturated rings. The zero-order valence-corrected chi connectivity index (χ0v) is 12.1. The molecule has 22 heavy (non-hydrogen) atoms. The van der Waals surface area contributed by atoms with Crippen molar-refractivity contribution in [2.45, 2.75) is 13.3 Å². The van der Waals surface area contributed by atoms with E-state index < -0.39 is 11.7 Å². The normalized spacial score (nSPS) is 10.1. The molecule has 0 atom stereocenters. The zero-order chi connectivity index (χ0) is 15.9. The lowest BCUT2D eigenvalue weighted by atomic mass is 10.1. The van der Waals surface area contributed by atoms with E-state index in [0.717, 1.165) is 12.5 Å². The maximum absolute atomic E-state index is 13.2. The summed E-state index contributed by atoms with van der Waals surface area (Å²) in [5, 5.41) is 2.65. The van der Waals surface area contributed by atoms with E-state index in [2.05, 4.69) is 5.32 Å². The molecular weight excluding hydrogens is 285 g/mol. The van der Waals surface area contributed by atoms with Gasteiger partial charge in [-0.05, 0) is 42.8 Å². The Morgan fingerprint density at radius 2 is 2.09 bits per heavy atom. The molecule has 2 rings (SSSR count). The topological polar surface area (TPSA) is 55.4 Å². The van der Waals surface area contributed by atoms with Crippen LogP contribution < -0.4 is 10.1 Å². The smallest absolute Gasteiger partial charge is 0.255 e. The van der Waals surface area contributed by atoms with Crippen LogP contribution in [0.1, 0.15) is 34.1 Å². The lowest BCUT2D eigenvalue weighted by molar-refractivity contribution is 0.102. The number of anilines is 1. The van der Waals surface area contributed by atoms with Crippen molar-refractivity contribution in [2.24, 2.45) is 0 Å². The Labute approximate surface area is 127 Å². The summed E-state index contributed by atoms with van der Waals surface area (Å²) >= 11 is 0. The van der Waals surface area contributed by atoms with Gasteiger partial charge in [-0.2, -0.15) is 0 Å². The molecular formula is C17H16FNO3. The van der Waals surface area contributed by atoms with E-state index in [1.54, 1.807) is 12.1 Å². The quantitative estimate of drug-likeness (QED) is 0.828. The number of rotatable bonds is 6. The van der Waals surface area contributed by atoms with E-state index in [1.165, 1.54) is 24.3 Å². The second kappa shape index (κ2) is 7.36. The fraction of sp³-hybridized carbons (Fsp3) is 0.176. The maximum Gasteiger partial charge on any atom is 0.255 e. The van der Waals surface area contributed by atoms with E-state index in [1.807, 2.05) is 6.92 Å². The highest BCUT2D eigenvalue weighted by molar-refractivity contribution is 6.05. The van der Waals surface area contributed by atoms with Crippen LogP contribution in [0.3, 0.4) is 0 Å². The van der Waals surface area contributed by atoms with Gasteiger partial charge in [-0.3, -0.25) is 9.59 Å². The first-order chi connectivity index (χ1) is 10.6. The molecule has 0 unspecified atom stereocenters. The van der Waals surface area contributed by atoms with Gasteiger partial charge in [0, 0.05) is 11.1 Å². The first-order valence-corrected chi connectivity index (χ1v) is 6.93. The largest absolute Gasteiger partial charge is 0.491 e. The van der Waals surface area contributed by atoms with E-state index >= 15 is 0 Å². The van der Waals surface area contributed by atoms with Gasteiger partial charge in [0.15, 0.2) is 0 Å². The minimum absolute atomic E-state index is 0.193. The van der Waals surface area contributed by atoms with Crippen LogP contribution in [0.5, 0.6) is 5.75 Å². The molecule has 0 saturated heterocycles.